The SMILES string of the molecule is O=C(NC(c1ccc(Cl)cc1)c1nc(-c2ccccc2)no1)c1cccc(Br)c1. The molecule has 0 aliphatic heterocycles. The van der Waals surface area contributed by atoms with Gasteiger partial charge in [0.2, 0.25) is 5.82 Å². The zero-order valence-corrected chi connectivity index (χ0v) is 17.4. The molecule has 4 aromatic rings. The third-order valence-corrected chi connectivity index (χ3v) is 5.03. The molecule has 29 heavy (non-hydrogen) atoms. The minimum atomic E-state index is -0.622. The average Bonchev–Trinajstić information content (AvgIpc) is 3.23. The summed E-state index contributed by atoms with van der Waals surface area (Å²) in [5.41, 5.74) is 2.12. The second kappa shape index (κ2) is 8.59. The van der Waals surface area contributed by atoms with Gasteiger partial charge in [-0.2, -0.15) is 4.98 Å². The van der Waals surface area contributed by atoms with Crippen LogP contribution in [0.5, 0.6) is 0 Å². The van der Waals surface area contributed by atoms with Crippen LogP contribution >= 0.6 is 27.5 Å². The summed E-state index contributed by atoms with van der Waals surface area (Å²) in [6.07, 6.45) is 0. The Balaban J connectivity index is 1.68. The van der Waals surface area contributed by atoms with Gasteiger partial charge in [-0.25, -0.2) is 0 Å². The van der Waals surface area contributed by atoms with E-state index in [4.69, 9.17) is 16.1 Å². The maximum absolute atomic E-state index is 12.8. The van der Waals surface area contributed by atoms with Crippen molar-refractivity contribution < 1.29 is 9.32 Å². The number of nitrogens with zero attached hydrogens (tertiary/aromatic N) is 2. The monoisotopic (exact) mass is 467 g/mol. The molecule has 1 aromatic heterocycles. The number of carbonyl (C=O) groups is 1. The Morgan fingerprint density at radius 3 is 2.48 bits per heavy atom. The van der Waals surface area contributed by atoms with E-state index < -0.39 is 6.04 Å². The van der Waals surface area contributed by atoms with Gasteiger partial charge in [-0.05, 0) is 35.9 Å². The zero-order valence-electron chi connectivity index (χ0n) is 15.0. The summed E-state index contributed by atoms with van der Waals surface area (Å²) in [6.45, 7) is 0. The molecule has 3 aromatic carbocycles. The van der Waals surface area contributed by atoms with Crippen molar-refractivity contribution in [1.82, 2.24) is 15.5 Å². The minimum absolute atomic E-state index is 0.259. The zero-order chi connectivity index (χ0) is 20.2. The van der Waals surface area contributed by atoms with Gasteiger partial charge in [0.25, 0.3) is 11.8 Å². The summed E-state index contributed by atoms with van der Waals surface area (Å²) in [5.74, 6) is 0.483. The van der Waals surface area contributed by atoms with Gasteiger partial charge in [0.05, 0.1) is 0 Å². The highest BCUT2D eigenvalue weighted by Gasteiger charge is 2.24. The fourth-order valence-corrected chi connectivity index (χ4v) is 3.37. The molecular formula is C22H15BrClN3O2. The minimum Gasteiger partial charge on any atom is -0.336 e. The quantitative estimate of drug-likeness (QED) is 0.410. The summed E-state index contributed by atoms with van der Waals surface area (Å²) >= 11 is 9.41. The first-order chi connectivity index (χ1) is 14.1. The van der Waals surface area contributed by atoms with Gasteiger partial charge in [0.15, 0.2) is 0 Å². The van der Waals surface area contributed by atoms with Crippen molar-refractivity contribution in [3.63, 3.8) is 0 Å². The molecule has 0 bridgehead atoms. The number of rotatable bonds is 5. The molecule has 1 atom stereocenters. The fourth-order valence-electron chi connectivity index (χ4n) is 2.84. The van der Waals surface area contributed by atoms with E-state index in [2.05, 4.69) is 31.4 Å². The molecule has 5 nitrogen and oxygen atoms in total. The number of aromatic nitrogens is 2. The van der Waals surface area contributed by atoms with Crippen LogP contribution in [0.25, 0.3) is 11.4 Å². The van der Waals surface area contributed by atoms with Gasteiger partial charge < -0.3 is 9.84 Å². The number of nitrogens with one attached hydrogen (secondary N) is 1. The molecule has 1 heterocycles. The average molecular weight is 469 g/mol. The molecule has 0 aliphatic carbocycles. The molecule has 4 rings (SSSR count). The van der Waals surface area contributed by atoms with Crippen molar-refractivity contribution in [2.75, 3.05) is 0 Å². The lowest BCUT2D eigenvalue weighted by Gasteiger charge is -2.16. The largest absolute Gasteiger partial charge is 0.336 e. The van der Waals surface area contributed by atoms with E-state index in [0.29, 0.717) is 16.4 Å². The van der Waals surface area contributed by atoms with Crippen LogP contribution in [-0.2, 0) is 0 Å². The van der Waals surface area contributed by atoms with Crippen LogP contribution in [0.15, 0.2) is 87.9 Å². The lowest BCUT2D eigenvalue weighted by atomic mass is 10.1. The summed E-state index contributed by atoms with van der Waals surface area (Å²) < 4.78 is 6.33. The van der Waals surface area contributed by atoms with E-state index in [1.807, 2.05) is 48.5 Å². The van der Waals surface area contributed by atoms with Crippen LogP contribution in [-0.4, -0.2) is 16.0 Å². The Bertz CT molecular complexity index is 1130. The van der Waals surface area contributed by atoms with Gasteiger partial charge >= 0.3 is 0 Å². The Kier molecular flexibility index (Phi) is 5.74. The number of benzene rings is 3. The van der Waals surface area contributed by atoms with Crippen LogP contribution in [0.2, 0.25) is 5.02 Å². The highest BCUT2D eigenvalue weighted by molar-refractivity contribution is 9.10. The standard InChI is InChI=1S/C22H15BrClN3O2/c23-17-8-4-7-16(13-17)21(28)25-19(14-9-11-18(24)12-10-14)22-26-20(27-29-22)15-5-2-1-3-6-15/h1-13,19H,(H,25,28). The van der Waals surface area contributed by atoms with E-state index in [9.17, 15) is 4.79 Å². The Labute approximate surface area is 180 Å². The highest BCUT2D eigenvalue weighted by Crippen LogP contribution is 2.25. The Morgan fingerprint density at radius 2 is 1.76 bits per heavy atom. The summed E-state index contributed by atoms with van der Waals surface area (Å²) in [7, 11) is 0. The number of hydrogen-bond donors (Lipinski definition) is 1. The molecule has 0 spiro atoms. The Hall–Kier alpha value is -2.96. The van der Waals surface area contributed by atoms with Gasteiger partial charge in [0.1, 0.15) is 6.04 Å². The maximum atomic E-state index is 12.8. The third-order valence-electron chi connectivity index (χ3n) is 4.29. The molecule has 1 unspecified atom stereocenters. The van der Waals surface area contributed by atoms with Crippen LogP contribution in [0.3, 0.4) is 0 Å². The molecule has 1 amide bonds. The van der Waals surface area contributed by atoms with Crippen LogP contribution in [0, 0.1) is 0 Å². The molecular weight excluding hydrogens is 454 g/mol. The topological polar surface area (TPSA) is 68.0 Å². The molecule has 144 valence electrons. The molecule has 7 heteroatoms. The maximum Gasteiger partial charge on any atom is 0.254 e. The molecule has 0 radical (unpaired) electrons. The number of amides is 1. The van der Waals surface area contributed by atoms with Crippen molar-refractivity contribution >= 4 is 33.4 Å². The van der Waals surface area contributed by atoms with Crippen molar-refractivity contribution in [3.8, 4) is 11.4 Å². The predicted octanol–water partition coefficient (Wildman–Crippen LogP) is 5.67. The van der Waals surface area contributed by atoms with E-state index in [0.717, 1.165) is 15.6 Å². The second-order valence-electron chi connectivity index (χ2n) is 6.29. The summed E-state index contributed by atoms with van der Waals surface area (Å²) in [5, 5.41) is 7.65. The van der Waals surface area contributed by atoms with Crippen LogP contribution in [0.4, 0.5) is 0 Å². The Morgan fingerprint density at radius 1 is 1.00 bits per heavy atom. The predicted molar refractivity (Wildman–Crippen MR) is 115 cm³/mol. The van der Waals surface area contributed by atoms with Crippen molar-refractivity contribution in [2.45, 2.75) is 6.04 Å². The van der Waals surface area contributed by atoms with Crippen molar-refractivity contribution in [3.05, 3.63) is 105 Å². The molecule has 0 fully saturated rings. The van der Waals surface area contributed by atoms with E-state index in [-0.39, 0.29) is 11.8 Å². The van der Waals surface area contributed by atoms with Crippen molar-refractivity contribution in [2.24, 2.45) is 0 Å². The normalized spacial score (nSPS) is 11.8. The first-order valence-corrected chi connectivity index (χ1v) is 9.98. The number of carbonyl (C=O) groups excluding carboxylic acids is 1. The van der Waals surface area contributed by atoms with Gasteiger partial charge in [-0.15, -0.1) is 0 Å². The van der Waals surface area contributed by atoms with E-state index >= 15 is 0 Å². The molecule has 0 saturated heterocycles. The van der Waals surface area contributed by atoms with Gasteiger partial charge in [-0.3, -0.25) is 4.79 Å². The highest BCUT2D eigenvalue weighted by atomic mass is 79.9. The lowest BCUT2D eigenvalue weighted by Crippen LogP contribution is -2.29. The van der Waals surface area contributed by atoms with E-state index in [1.165, 1.54) is 0 Å². The lowest BCUT2D eigenvalue weighted by molar-refractivity contribution is 0.0936. The van der Waals surface area contributed by atoms with Crippen molar-refractivity contribution in [1.29, 1.82) is 0 Å². The first-order valence-electron chi connectivity index (χ1n) is 8.81. The smallest absolute Gasteiger partial charge is 0.254 e. The third kappa shape index (κ3) is 4.55. The number of halogens is 2. The molecule has 0 aliphatic rings. The fraction of sp³-hybridized carbons (Fsp3) is 0.0455. The van der Waals surface area contributed by atoms with Crippen LogP contribution < -0.4 is 5.32 Å². The van der Waals surface area contributed by atoms with Gasteiger partial charge in [-0.1, -0.05) is 81.2 Å². The summed E-state index contributed by atoms with van der Waals surface area (Å²) in [6, 6.07) is 23.2. The van der Waals surface area contributed by atoms with E-state index in [1.54, 1.807) is 30.3 Å². The second-order valence-corrected chi connectivity index (χ2v) is 7.64. The van der Waals surface area contributed by atoms with Gasteiger partial charge in [0, 0.05) is 20.6 Å². The van der Waals surface area contributed by atoms with Crippen LogP contribution in [0.1, 0.15) is 27.9 Å². The first kappa shape index (κ1) is 19.4. The summed E-state index contributed by atoms with van der Waals surface area (Å²) in [4.78, 5) is 17.4. The molecule has 0 saturated carbocycles. The number of hydrogen-bond acceptors (Lipinski definition) is 4. The molecule has 1 N–H and O–H groups in total.